The molecule has 0 spiro atoms. The Labute approximate surface area is 103 Å². The Morgan fingerprint density at radius 1 is 1.38 bits per heavy atom. The lowest BCUT2D eigenvalue weighted by molar-refractivity contribution is 0.699. The first-order valence-corrected chi connectivity index (χ1v) is 6.85. The molecule has 1 aromatic rings. The van der Waals surface area contributed by atoms with Crippen molar-refractivity contribution < 1.29 is 0 Å². The highest BCUT2D eigenvalue weighted by molar-refractivity contribution is 7.15. The van der Waals surface area contributed by atoms with E-state index in [0.29, 0.717) is 6.04 Å². The summed E-state index contributed by atoms with van der Waals surface area (Å²) in [6, 6.07) is 0.517. The van der Waals surface area contributed by atoms with Gasteiger partial charge in [-0.2, -0.15) is 0 Å². The predicted octanol–water partition coefficient (Wildman–Crippen LogP) is 2.66. The molecular weight excluding hydrogens is 218 g/mol. The van der Waals surface area contributed by atoms with Gasteiger partial charge >= 0.3 is 0 Å². The van der Waals surface area contributed by atoms with Gasteiger partial charge < -0.3 is 10.2 Å². The fourth-order valence-electron chi connectivity index (χ4n) is 1.79. The van der Waals surface area contributed by atoms with Crippen LogP contribution in [0.25, 0.3) is 0 Å². The van der Waals surface area contributed by atoms with E-state index in [4.69, 9.17) is 4.98 Å². The fourth-order valence-corrected chi connectivity index (χ4v) is 3.15. The van der Waals surface area contributed by atoms with Crippen LogP contribution in [0.3, 0.4) is 0 Å². The van der Waals surface area contributed by atoms with E-state index in [1.165, 1.54) is 15.7 Å². The molecule has 0 saturated heterocycles. The van der Waals surface area contributed by atoms with Crippen molar-refractivity contribution in [3.8, 4) is 0 Å². The third kappa shape index (κ3) is 2.95. The van der Waals surface area contributed by atoms with Crippen molar-refractivity contribution in [2.24, 2.45) is 0 Å². The molecule has 0 radical (unpaired) electrons. The van der Waals surface area contributed by atoms with Crippen LogP contribution in [-0.2, 0) is 13.0 Å². The van der Waals surface area contributed by atoms with Gasteiger partial charge in [-0.1, -0.05) is 6.92 Å². The average Bonchev–Trinajstić information content (AvgIpc) is 2.62. The Balaban J connectivity index is 2.96. The average molecular weight is 241 g/mol. The summed E-state index contributed by atoms with van der Waals surface area (Å²) < 4.78 is 0. The first-order valence-electron chi connectivity index (χ1n) is 6.03. The first-order chi connectivity index (χ1) is 7.63. The minimum absolute atomic E-state index is 0.517. The standard InChI is InChI=1S/C12H23N3S/c1-6-10-11(8-13-5)16-12(14-10)15(7-2)9(3)4/h9,13H,6-8H2,1-5H3. The lowest BCUT2D eigenvalue weighted by Gasteiger charge is -2.24. The molecule has 1 N–H and O–H groups in total. The summed E-state index contributed by atoms with van der Waals surface area (Å²) >= 11 is 1.82. The van der Waals surface area contributed by atoms with Crippen LogP contribution in [0.4, 0.5) is 5.13 Å². The monoisotopic (exact) mass is 241 g/mol. The second-order valence-electron chi connectivity index (χ2n) is 4.13. The highest BCUT2D eigenvalue weighted by Crippen LogP contribution is 2.27. The van der Waals surface area contributed by atoms with Gasteiger partial charge in [-0.3, -0.25) is 0 Å². The van der Waals surface area contributed by atoms with E-state index >= 15 is 0 Å². The van der Waals surface area contributed by atoms with Gasteiger partial charge in [0, 0.05) is 24.0 Å². The molecule has 0 atom stereocenters. The summed E-state index contributed by atoms with van der Waals surface area (Å²) in [6.45, 7) is 10.7. The van der Waals surface area contributed by atoms with Gasteiger partial charge in [0.1, 0.15) is 0 Å². The number of anilines is 1. The number of aromatic nitrogens is 1. The van der Waals surface area contributed by atoms with Crippen LogP contribution in [0, 0.1) is 0 Å². The van der Waals surface area contributed by atoms with Crippen molar-refractivity contribution >= 4 is 16.5 Å². The maximum Gasteiger partial charge on any atom is 0.186 e. The molecule has 0 amide bonds. The molecule has 0 aliphatic rings. The highest BCUT2D eigenvalue weighted by atomic mass is 32.1. The van der Waals surface area contributed by atoms with Gasteiger partial charge in [0.15, 0.2) is 5.13 Å². The summed E-state index contributed by atoms with van der Waals surface area (Å²) in [4.78, 5) is 8.47. The molecule has 4 heteroatoms. The van der Waals surface area contributed by atoms with E-state index in [2.05, 4.69) is 37.9 Å². The van der Waals surface area contributed by atoms with Crippen LogP contribution < -0.4 is 10.2 Å². The third-order valence-electron chi connectivity index (χ3n) is 2.65. The maximum absolute atomic E-state index is 4.74. The Morgan fingerprint density at radius 2 is 2.06 bits per heavy atom. The topological polar surface area (TPSA) is 28.2 Å². The molecule has 0 aromatic carbocycles. The van der Waals surface area contributed by atoms with Crippen LogP contribution in [0.1, 0.15) is 38.3 Å². The number of thiazole rings is 1. The molecule has 1 rings (SSSR count). The van der Waals surface area contributed by atoms with Gasteiger partial charge in [0.2, 0.25) is 0 Å². The molecule has 1 heterocycles. The van der Waals surface area contributed by atoms with E-state index in [0.717, 1.165) is 19.5 Å². The molecule has 0 unspecified atom stereocenters. The molecule has 92 valence electrons. The molecule has 0 fully saturated rings. The number of nitrogens with one attached hydrogen (secondary N) is 1. The van der Waals surface area contributed by atoms with Crippen LogP contribution in [0.2, 0.25) is 0 Å². The largest absolute Gasteiger partial charge is 0.346 e. The van der Waals surface area contributed by atoms with Crippen molar-refractivity contribution in [3.63, 3.8) is 0 Å². The van der Waals surface area contributed by atoms with Gasteiger partial charge in [-0.05, 0) is 34.2 Å². The minimum atomic E-state index is 0.517. The molecule has 1 aromatic heterocycles. The molecule has 3 nitrogen and oxygen atoms in total. The maximum atomic E-state index is 4.74. The number of nitrogens with zero attached hydrogens (tertiary/aromatic N) is 2. The molecular formula is C12H23N3S. The molecule has 16 heavy (non-hydrogen) atoms. The first kappa shape index (κ1) is 13.5. The van der Waals surface area contributed by atoms with Crippen LogP contribution in [0.15, 0.2) is 0 Å². The van der Waals surface area contributed by atoms with E-state index in [1.54, 1.807) is 0 Å². The Kier molecular flexibility index (Phi) is 5.22. The lowest BCUT2D eigenvalue weighted by Crippen LogP contribution is -2.30. The SMILES string of the molecule is CCc1nc(N(CC)C(C)C)sc1CNC. The van der Waals surface area contributed by atoms with Crippen LogP contribution in [0.5, 0.6) is 0 Å². The lowest BCUT2D eigenvalue weighted by atomic mass is 10.3. The zero-order valence-corrected chi connectivity index (χ0v) is 11.8. The van der Waals surface area contributed by atoms with Gasteiger partial charge in [0.05, 0.1) is 5.69 Å². The highest BCUT2D eigenvalue weighted by Gasteiger charge is 2.15. The van der Waals surface area contributed by atoms with E-state index in [1.807, 2.05) is 18.4 Å². The van der Waals surface area contributed by atoms with Gasteiger partial charge in [-0.15, -0.1) is 11.3 Å². The molecule has 0 aliphatic carbocycles. The Bertz CT molecular complexity index is 320. The smallest absolute Gasteiger partial charge is 0.186 e. The van der Waals surface area contributed by atoms with Crippen molar-refractivity contribution in [2.75, 3.05) is 18.5 Å². The van der Waals surface area contributed by atoms with E-state index in [9.17, 15) is 0 Å². The fraction of sp³-hybridized carbons (Fsp3) is 0.750. The van der Waals surface area contributed by atoms with Crippen molar-refractivity contribution in [1.82, 2.24) is 10.3 Å². The summed E-state index contributed by atoms with van der Waals surface area (Å²) in [5.74, 6) is 0. The van der Waals surface area contributed by atoms with Crippen molar-refractivity contribution in [2.45, 2.75) is 46.7 Å². The van der Waals surface area contributed by atoms with Gasteiger partial charge in [0.25, 0.3) is 0 Å². The predicted molar refractivity (Wildman–Crippen MR) is 72.4 cm³/mol. The van der Waals surface area contributed by atoms with Gasteiger partial charge in [-0.25, -0.2) is 4.98 Å². The number of aryl methyl sites for hydroxylation is 1. The normalized spacial score (nSPS) is 11.1. The van der Waals surface area contributed by atoms with Crippen LogP contribution >= 0.6 is 11.3 Å². The number of hydrogen-bond donors (Lipinski definition) is 1. The summed E-state index contributed by atoms with van der Waals surface area (Å²) in [7, 11) is 1.98. The second kappa shape index (κ2) is 6.21. The summed E-state index contributed by atoms with van der Waals surface area (Å²) in [5, 5.41) is 4.38. The number of hydrogen-bond acceptors (Lipinski definition) is 4. The number of rotatable bonds is 6. The van der Waals surface area contributed by atoms with E-state index < -0.39 is 0 Å². The third-order valence-corrected chi connectivity index (χ3v) is 3.78. The quantitative estimate of drug-likeness (QED) is 0.830. The molecule has 0 aliphatic heterocycles. The van der Waals surface area contributed by atoms with Crippen molar-refractivity contribution in [3.05, 3.63) is 10.6 Å². The summed E-state index contributed by atoms with van der Waals surface area (Å²) in [5.41, 5.74) is 1.24. The second-order valence-corrected chi connectivity index (χ2v) is 5.19. The zero-order chi connectivity index (χ0) is 12.1. The molecule has 0 saturated carbocycles. The summed E-state index contributed by atoms with van der Waals surface area (Å²) in [6.07, 6.45) is 1.02. The van der Waals surface area contributed by atoms with Crippen molar-refractivity contribution in [1.29, 1.82) is 0 Å². The Morgan fingerprint density at radius 3 is 2.50 bits per heavy atom. The van der Waals surface area contributed by atoms with Crippen LogP contribution in [-0.4, -0.2) is 24.6 Å². The Hall–Kier alpha value is -0.610. The van der Waals surface area contributed by atoms with E-state index in [-0.39, 0.29) is 0 Å². The minimum Gasteiger partial charge on any atom is -0.346 e. The molecule has 0 bridgehead atoms. The zero-order valence-electron chi connectivity index (χ0n) is 11.0.